The van der Waals surface area contributed by atoms with E-state index in [2.05, 4.69) is 0 Å². The largest absolute Gasteiger partial charge is 0.496 e. The van der Waals surface area contributed by atoms with Crippen LogP contribution in [0, 0.1) is 5.82 Å². The Hall–Kier alpha value is -2.27. The number of methoxy groups -OCH3 is 1. The van der Waals surface area contributed by atoms with E-state index in [4.69, 9.17) is 26.8 Å². The number of hydrogen-bond donors (Lipinski definition) is 1. The lowest BCUT2D eigenvalue weighted by Gasteiger charge is -2.10. The number of nitrogens with two attached hydrogens (primary N) is 1. The van der Waals surface area contributed by atoms with Gasteiger partial charge < -0.3 is 15.2 Å². The Balaban J connectivity index is 2.11. The third-order valence-electron chi connectivity index (χ3n) is 2.82. The summed E-state index contributed by atoms with van der Waals surface area (Å²) >= 11 is 5.87. The van der Waals surface area contributed by atoms with Crippen LogP contribution >= 0.6 is 11.6 Å². The second kappa shape index (κ2) is 6.45. The highest BCUT2D eigenvalue weighted by molar-refractivity contribution is 6.31. The van der Waals surface area contributed by atoms with Crippen LogP contribution in [0.15, 0.2) is 36.4 Å². The average molecular weight is 310 g/mol. The van der Waals surface area contributed by atoms with Crippen LogP contribution in [0.1, 0.15) is 15.9 Å². The van der Waals surface area contributed by atoms with Gasteiger partial charge in [-0.3, -0.25) is 0 Å². The number of hydrogen-bond acceptors (Lipinski definition) is 4. The number of ether oxygens (including phenoxy) is 2. The maximum absolute atomic E-state index is 12.9. The van der Waals surface area contributed by atoms with E-state index in [-0.39, 0.29) is 17.2 Å². The molecule has 0 atom stereocenters. The maximum atomic E-state index is 12.9. The Bertz CT molecular complexity index is 676. The summed E-state index contributed by atoms with van der Waals surface area (Å²) in [7, 11) is 1.43. The van der Waals surface area contributed by atoms with Crippen molar-refractivity contribution < 1.29 is 18.7 Å². The molecule has 0 aliphatic rings. The maximum Gasteiger partial charge on any atom is 0.342 e. The fourth-order valence-electron chi connectivity index (χ4n) is 1.74. The molecule has 6 heteroatoms. The van der Waals surface area contributed by atoms with Crippen molar-refractivity contribution in [3.63, 3.8) is 0 Å². The summed E-state index contributed by atoms with van der Waals surface area (Å²) in [5.74, 6) is -0.701. The van der Waals surface area contributed by atoms with Crippen molar-refractivity contribution in [1.29, 1.82) is 0 Å². The summed E-state index contributed by atoms with van der Waals surface area (Å²) in [5.41, 5.74) is 6.86. The van der Waals surface area contributed by atoms with Crippen LogP contribution in [-0.2, 0) is 11.3 Å². The van der Waals surface area contributed by atoms with E-state index in [0.29, 0.717) is 17.0 Å². The molecule has 0 fully saturated rings. The lowest BCUT2D eigenvalue weighted by Crippen LogP contribution is -2.08. The zero-order valence-corrected chi connectivity index (χ0v) is 12.0. The SMILES string of the molecule is COc1cc(N)ccc1C(=O)OCc1ccc(F)cc1Cl. The third-order valence-corrected chi connectivity index (χ3v) is 3.17. The first-order valence-corrected chi connectivity index (χ1v) is 6.43. The molecule has 0 aliphatic carbocycles. The summed E-state index contributed by atoms with van der Waals surface area (Å²) in [4.78, 5) is 12.0. The Morgan fingerprint density at radius 3 is 2.71 bits per heavy atom. The fourth-order valence-corrected chi connectivity index (χ4v) is 1.96. The van der Waals surface area contributed by atoms with Gasteiger partial charge in [-0.15, -0.1) is 0 Å². The standard InChI is InChI=1S/C15H13ClFNO3/c1-20-14-7-11(18)4-5-12(14)15(19)21-8-9-2-3-10(17)6-13(9)16/h2-7H,8,18H2,1H3. The highest BCUT2D eigenvalue weighted by atomic mass is 35.5. The number of carbonyl (C=O) groups is 1. The predicted molar refractivity (Wildman–Crippen MR) is 77.9 cm³/mol. The van der Waals surface area contributed by atoms with Crippen LogP contribution in [0.3, 0.4) is 0 Å². The first-order valence-electron chi connectivity index (χ1n) is 6.06. The van der Waals surface area contributed by atoms with Crippen molar-refractivity contribution >= 4 is 23.3 Å². The topological polar surface area (TPSA) is 61.5 Å². The number of rotatable bonds is 4. The van der Waals surface area contributed by atoms with Gasteiger partial charge in [-0.1, -0.05) is 17.7 Å². The normalized spacial score (nSPS) is 10.2. The number of benzene rings is 2. The van der Waals surface area contributed by atoms with Crippen molar-refractivity contribution in [3.05, 3.63) is 58.4 Å². The van der Waals surface area contributed by atoms with E-state index in [1.54, 1.807) is 6.07 Å². The van der Waals surface area contributed by atoms with Gasteiger partial charge >= 0.3 is 5.97 Å². The summed E-state index contributed by atoms with van der Waals surface area (Å²) in [6.45, 7) is -0.0640. The number of anilines is 1. The number of nitrogen functional groups attached to an aromatic ring is 1. The highest BCUT2D eigenvalue weighted by Gasteiger charge is 2.14. The Morgan fingerprint density at radius 1 is 1.29 bits per heavy atom. The summed E-state index contributed by atoms with van der Waals surface area (Å²) < 4.78 is 23.2. The smallest absolute Gasteiger partial charge is 0.342 e. The minimum absolute atomic E-state index is 0.0640. The third kappa shape index (κ3) is 3.64. The molecule has 0 heterocycles. The molecule has 0 amide bonds. The first-order chi connectivity index (χ1) is 10.0. The second-order valence-corrected chi connectivity index (χ2v) is 4.68. The minimum atomic E-state index is -0.577. The van der Waals surface area contributed by atoms with Crippen molar-refractivity contribution in [3.8, 4) is 5.75 Å². The fraction of sp³-hybridized carbons (Fsp3) is 0.133. The quantitative estimate of drug-likeness (QED) is 0.694. The van der Waals surface area contributed by atoms with E-state index >= 15 is 0 Å². The lowest BCUT2D eigenvalue weighted by atomic mass is 10.2. The molecule has 0 bridgehead atoms. The summed E-state index contributed by atoms with van der Waals surface area (Å²) in [6.07, 6.45) is 0. The van der Waals surface area contributed by atoms with Crippen LogP contribution in [0.4, 0.5) is 10.1 Å². The van der Waals surface area contributed by atoms with Crippen molar-refractivity contribution in [2.75, 3.05) is 12.8 Å². The number of esters is 1. The van der Waals surface area contributed by atoms with E-state index < -0.39 is 11.8 Å². The molecule has 0 spiro atoms. The van der Waals surface area contributed by atoms with Gasteiger partial charge in [-0.2, -0.15) is 0 Å². The lowest BCUT2D eigenvalue weighted by molar-refractivity contribution is 0.0469. The number of carbonyl (C=O) groups excluding carboxylic acids is 1. The second-order valence-electron chi connectivity index (χ2n) is 4.27. The highest BCUT2D eigenvalue weighted by Crippen LogP contribution is 2.23. The Kier molecular flexibility index (Phi) is 4.65. The van der Waals surface area contributed by atoms with E-state index in [1.165, 1.54) is 31.4 Å². The molecule has 2 aromatic carbocycles. The Labute approximate surface area is 126 Å². The molecule has 0 radical (unpaired) electrons. The molecule has 110 valence electrons. The van der Waals surface area contributed by atoms with E-state index in [1.807, 2.05) is 0 Å². The van der Waals surface area contributed by atoms with Gasteiger partial charge in [-0.05, 0) is 24.3 Å². The summed E-state index contributed by atoms with van der Waals surface area (Å²) in [6, 6.07) is 8.49. The van der Waals surface area contributed by atoms with Gasteiger partial charge in [0.05, 0.1) is 12.1 Å². The molecule has 0 aliphatic heterocycles. The minimum Gasteiger partial charge on any atom is -0.496 e. The van der Waals surface area contributed by atoms with Gasteiger partial charge in [0.15, 0.2) is 0 Å². The monoisotopic (exact) mass is 309 g/mol. The van der Waals surface area contributed by atoms with Crippen molar-refractivity contribution in [2.45, 2.75) is 6.61 Å². The zero-order chi connectivity index (χ0) is 15.4. The van der Waals surface area contributed by atoms with Crippen molar-refractivity contribution in [2.24, 2.45) is 0 Å². The molecule has 4 nitrogen and oxygen atoms in total. The van der Waals surface area contributed by atoms with E-state index in [9.17, 15) is 9.18 Å². The van der Waals surface area contributed by atoms with Crippen LogP contribution in [0.2, 0.25) is 5.02 Å². The van der Waals surface area contributed by atoms with Gasteiger partial charge in [0, 0.05) is 17.3 Å². The molecule has 0 unspecified atom stereocenters. The molecule has 0 aromatic heterocycles. The van der Waals surface area contributed by atoms with Crippen LogP contribution in [0.5, 0.6) is 5.75 Å². The summed E-state index contributed by atoms with van der Waals surface area (Å²) in [5, 5.41) is 0.201. The van der Waals surface area contributed by atoms with Gasteiger partial charge in [0.1, 0.15) is 23.7 Å². The zero-order valence-electron chi connectivity index (χ0n) is 11.2. The van der Waals surface area contributed by atoms with E-state index in [0.717, 1.165) is 6.07 Å². The van der Waals surface area contributed by atoms with Crippen LogP contribution in [-0.4, -0.2) is 13.1 Å². The molecule has 2 aromatic rings. The molecule has 21 heavy (non-hydrogen) atoms. The van der Waals surface area contributed by atoms with Crippen molar-refractivity contribution in [1.82, 2.24) is 0 Å². The molecule has 2 rings (SSSR count). The molecular formula is C15H13ClFNO3. The van der Waals surface area contributed by atoms with Gasteiger partial charge in [0.25, 0.3) is 0 Å². The Morgan fingerprint density at radius 2 is 2.05 bits per heavy atom. The van der Waals surface area contributed by atoms with Crippen LogP contribution < -0.4 is 10.5 Å². The molecular weight excluding hydrogens is 297 g/mol. The van der Waals surface area contributed by atoms with Gasteiger partial charge in [0.2, 0.25) is 0 Å². The first kappa shape index (κ1) is 15.1. The molecule has 0 saturated carbocycles. The number of halogens is 2. The molecule has 2 N–H and O–H groups in total. The average Bonchev–Trinajstić information content (AvgIpc) is 2.45. The molecule has 0 saturated heterocycles. The predicted octanol–water partition coefficient (Wildman–Crippen LogP) is 3.43. The van der Waals surface area contributed by atoms with Gasteiger partial charge in [-0.25, -0.2) is 9.18 Å². The van der Waals surface area contributed by atoms with Crippen LogP contribution in [0.25, 0.3) is 0 Å².